The second kappa shape index (κ2) is 7.03. The van der Waals surface area contributed by atoms with Crippen LogP contribution < -0.4 is 4.90 Å². The number of nitrogens with zero attached hydrogens (tertiary/aromatic N) is 3. The molecular formula is C20H21N3O2S. The van der Waals surface area contributed by atoms with Crippen molar-refractivity contribution in [1.29, 1.82) is 0 Å². The van der Waals surface area contributed by atoms with Gasteiger partial charge in [-0.3, -0.25) is 4.79 Å². The molecule has 134 valence electrons. The third kappa shape index (κ3) is 3.42. The van der Waals surface area contributed by atoms with Crippen molar-refractivity contribution in [3.05, 3.63) is 52.7 Å². The van der Waals surface area contributed by atoms with Crippen LogP contribution in [0.15, 0.2) is 36.4 Å². The summed E-state index contributed by atoms with van der Waals surface area (Å²) < 4.78 is 0. The maximum Gasteiger partial charge on any atom is 0.306 e. The van der Waals surface area contributed by atoms with Crippen LogP contribution in [0.25, 0.3) is 10.2 Å². The van der Waals surface area contributed by atoms with Crippen molar-refractivity contribution in [1.82, 2.24) is 9.97 Å². The van der Waals surface area contributed by atoms with Gasteiger partial charge in [0.25, 0.3) is 0 Å². The lowest BCUT2D eigenvalue weighted by Crippen LogP contribution is -2.37. The molecule has 3 heterocycles. The SMILES string of the molecule is Cc1cc2c(N3CCC(C(=O)O)CC3)nc(Cc3ccccc3)nc2s1. The van der Waals surface area contributed by atoms with Crippen molar-refractivity contribution in [2.24, 2.45) is 5.92 Å². The standard InChI is InChI=1S/C20H21N3O2S/c1-13-11-16-18(23-9-7-15(8-10-23)20(24)25)21-17(22-19(16)26-13)12-14-5-3-2-4-6-14/h2-6,11,15H,7-10,12H2,1H3,(H,24,25). The molecule has 1 aliphatic heterocycles. The third-order valence-corrected chi connectivity index (χ3v) is 5.84. The van der Waals surface area contributed by atoms with Gasteiger partial charge in [0.1, 0.15) is 16.5 Å². The molecule has 4 rings (SSSR count). The first-order valence-electron chi connectivity index (χ1n) is 8.89. The maximum atomic E-state index is 11.2. The number of hydrogen-bond donors (Lipinski definition) is 1. The Kier molecular flexibility index (Phi) is 4.59. The molecule has 2 aromatic heterocycles. The van der Waals surface area contributed by atoms with Gasteiger partial charge in [0.15, 0.2) is 0 Å². The summed E-state index contributed by atoms with van der Waals surface area (Å²) in [6, 6.07) is 12.4. The number of anilines is 1. The molecule has 3 aromatic rings. The molecule has 0 radical (unpaired) electrons. The molecule has 1 aromatic carbocycles. The number of hydrogen-bond acceptors (Lipinski definition) is 5. The zero-order chi connectivity index (χ0) is 18.1. The Bertz CT molecular complexity index is 931. The largest absolute Gasteiger partial charge is 0.481 e. The molecule has 0 saturated carbocycles. The third-order valence-electron chi connectivity index (χ3n) is 4.89. The summed E-state index contributed by atoms with van der Waals surface area (Å²) in [7, 11) is 0. The second-order valence-electron chi connectivity index (χ2n) is 6.80. The second-order valence-corrected chi connectivity index (χ2v) is 8.04. The average molecular weight is 367 g/mol. The van der Waals surface area contributed by atoms with Crippen LogP contribution in [0.3, 0.4) is 0 Å². The van der Waals surface area contributed by atoms with Crippen LogP contribution in [0.5, 0.6) is 0 Å². The van der Waals surface area contributed by atoms with Crippen molar-refractivity contribution in [2.75, 3.05) is 18.0 Å². The van der Waals surface area contributed by atoms with Gasteiger partial charge in [-0.05, 0) is 31.4 Å². The maximum absolute atomic E-state index is 11.2. The molecule has 1 saturated heterocycles. The zero-order valence-corrected chi connectivity index (χ0v) is 15.5. The Morgan fingerprint density at radius 2 is 1.96 bits per heavy atom. The topological polar surface area (TPSA) is 66.3 Å². The normalized spacial score (nSPS) is 15.5. The fraction of sp³-hybridized carbons (Fsp3) is 0.350. The Morgan fingerprint density at radius 1 is 1.23 bits per heavy atom. The van der Waals surface area contributed by atoms with Gasteiger partial charge in [0.05, 0.1) is 11.3 Å². The predicted molar refractivity (Wildman–Crippen MR) is 104 cm³/mol. The van der Waals surface area contributed by atoms with E-state index in [0.717, 1.165) is 34.9 Å². The Hall–Kier alpha value is -2.47. The number of rotatable bonds is 4. The van der Waals surface area contributed by atoms with E-state index >= 15 is 0 Å². The van der Waals surface area contributed by atoms with Gasteiger partial charge in [-0.2, -0.15) is 0 Å². The summed E-state index contributed by atoms with van der Waals surface area (Å²) in [4.78, 5) is 25.3. The number of fused-ring (bicyclic) bond motifs is 1. The van der Waals surface area contributed by atoms with E-state index in [-0.39, 0.29) is 5.92 Å². The summed E-state index contributed by atoms with van der Waals surface area (Å²) >= 11 is 1.69. The Morgan fingerprint density at radius 3 is 2.65 bits per heavy atom. The summed E-state index contributed by atoms with van der Waals surface area (Å²) in [6.45, 7) is 3.54. The molecule has 0 atom stereocenters. The van der Waals surface area contributed by atoms with Crippen molar-refractivity contribution < 1.29 is 9.90 Å². The lowest BCUT2D eigenvalue weighted by Gasteiger charge is -2.31. The molecule has 1 fully saturated rings. The first-order valence-corrected chi connectivity index (χ1v) is 9.70. The van der Waals surface area contributed by atoms with Gasteiger partial charge in [-0.1, -0.05) is 30.3 Å². The smallest absolute Gasteiger partial charge is 0.306 e. The van der Waals surface area contributed by atoms with Crippen LogP contribution in [-0.4, -0.2) is 34.1 Å². The van der Waals surface area contributed by atoms with E-state index in [9.17, 15) is 9.90 Å². The number of aryl methyl sites for hydroxylation is 1. The highest BCUT2D eigenvalue weighted by molar-refractivity contribution is 7.18. The molecule has 5 nitrogen and oxygen atoms in total. The van der Waals surface area contributed by atoms with Crippen molar-refractivity contribution in [3.8, 4) is 0 Å². The van der Waals surface area contributed by atoms with Gasteiger partial charge in [-0.15, -0.1) is 11.3 Å². The van der Waals surface area contributed by atoms with E-state index in [1.165, 1.54) is 10.4 Å². The minimum absolute atomic E-state index is 0.239. The number of thiophene rings is 1. The number of carboxylic acids is 1. The summed E-state index contributed by atoms with van der Waals surface area (Å²) in [5, 5.41) is 10.3. The average Bonchev–Trinajstić information content (AvgIpc) is 3.02. The molecule has 1 N–H and O–H groups in total. The van der Waals surface area contributed by atoms with Crippen molar-refractivity contribution in [2.45, 2.75) is 26.2 Å². The predicted octanol–water partition coefficient (Wildman–Crippen LogP) is 3.89. The molecule has 0 spiro atoms. The van der Waals surface area contributed by atoms with Gasteiger partial charge < -0.3 is 10.0 Å². The number of carbonyl (C=O) groups is 1. The lowest BCUT2D eigenvalue weighted by molar-refractivity contribution is -0.142. The Labute approximate surface area is 156 Å². The quantitative estimate of drug-likeness (QED) is 0.758. The highest BCUT2D eigenvalue weighted by Gasteiger charge is 2.26. The number of benzene rings is 1. The monoisotopic (exact) mass is 367 g/mol. The number of piperidine rings is 1. The molecule has 0 aliphatic carbocycles. The van der Waals surface area contributed by atoms with Crippen LogP contribution in [-0.2, 0) is 11.2 Å². The van der Waals surface area contributed by atoms with E-state index in [1.807, 2.05) is 18.2 Å². The fourth-order valence-electron chi connectivity index (χ4n) is 3.51. The first kappa shape index (κ1) is 17.0. The molecule has 1 aliphatic rings. The van der Waals surface area contributed by atoms with Crippen molar-refractivity contribution in [3.63, 3.8) is 0 Å². The van der Waals surface area contributed by atoms with Gasteiger partial charge in [0.2, 0.25) is 0 Å². The van der Waals surface area contributed by atoms with Crippen LogP contribution in [0.1, 0.15) is 29.1 Å². The van der Waals surface area contributed by atoms with Crippen LogP contribution in [0, 0.1) is 12.8 Å². The van der Waals surface area contributed by atoms with Crippen LogP contribution in [0.4, 0.5) is 5.82 Å². The van der Waals surface area contributed by atoms with E-state index < -0.39 is 5.97 Å². The highest BCUT2D eigenvalue weighted by atomic mass is 32.1. The summed E-state index contributed by atoms with van der Waals surface area (Å²) in [6.07, 6.45) is 2.03. The lowest BCUT2D eigenvalue weighted by atomic mass is 9.97. The van der Waals surface area contributed by atoms with Gasteiger partial charge in [-0.25, -0.2) is 9.97 Å². The molecular weight excluding hydrogens is 346 g/mol. The number of aliphatic carboxylic acids is 1. The number of carboxylic acid groups (broad SMARTS) is 1. The summed E-state index contributed by atoms with van der Waals surface area (Å²) in [5.74, 6) is 0.847. The molecule has 6 heteroatoms. The van der Waals surface area contributed by atoms with Gasteiger partial charge >= 0.3 is 5.97 Å². The molecule has 26 heavy (non-hydrogen) atoms. The summed E-state index contributed by atoms with van der Waals surface area (Å²) in [5.41, 5.74) is 1.19. The van der Waals surface area contributed by atoms with E-state index in [4.69, 9.17) is 9.97 Å². The minimum atomic E-state index is -0.686. The van der Waals surface area contributed by atoms with Crippen molar-refractivity contribution >= 4 is 33.3 Å². The molecule has 0 amide bonds. The minimum Gasteiger partial charge on any atom is -0.481 e. The molecule has 0 bridgehead atoms. The van der Waals surface area contributed by atoms with Gasteiger partial charge in [0, 0.05) is 24.4 Å². The number of aromatic nitrogens is 2. The first-order chi connectivity index (χ1) is 12.6. The van der Waals surface area contributed by atoms with Crippen LogP contribution in [0.2, 0.25) is 0 Å². The van der Waals surface area contributed by atoms with E-state index in [2.05, 4.69) is 30.0 Å². The fourth-order valence-corrected chi connectivity index (χ4v) is 4.40. The molecule has 0 unspecified atom stereocenters. The van der Waals surface area contributed by atoms with E-state index in [0.29, 0.717) is 19.3 Å². The highest BCUT2D eigenvalue weighted by Crippen LogP contribution is 2.33. The van der Waals surface area contributed by atoms with Crippen LogP contribution >= 0.6 is 11.3 Å². The zero-order valence-electron chi connectivity index (χ0n) is 14.7. The Balaban J connectivity index is 1.67. The van der Waals surface area contributed by atoms with E-state index in [1.54, 1.807) is 11.3 Å².